The van der Waals surface area contributed by atoms with Crippen LogP contribution in [-0.2, 0) is 0 Å². The summed E-state index contributed by atoms with van der Waals surface area (Å²) < 4.78 is 4.81. The first-order chi connectivity index (χ1) is 8.11. The van der Waals surface area contributed by atoms with E-state index in [9.17, 15) is 15.0 Å². The second-order valence-corrected chi connectivity index (χ2v) is 3.72. The van der Waals surface area contributed by atoms with Gasteiger partial charge in [0.05, 0.1) is 6.10 Å². The third-order valence-electron chi connectivity index (χ3n) is 2.47. The summed E-state index contributed by atoms with van der Waals surface area (Å²) in [4.78, 5) is 17.2. The molecule has 7 heteroatoms. The maximum atomic E-state index is 10.9. The van der Waals surface area contributed by atoms with Crippen LogP contribution < -0.4 is 11.5 Å². The van der Waals surface area contributed by atoms with Gasteiger partial charge in [-0.05, 0) is 19.0 Å². The van der Waals surface area contributed by atoms with Crippen LogP contribution in [0.25, 0.3) is 11.2 Å². The van der Waals surface area contributed by atoms with Crippen LogP contribution in [0.15, 0.2) is 21.5 Å². The highest BCUT2D eigenvalue weighted by Crippen LogP contribution is 2.20. The Labute approximate surface area is 95.9 Å². The predicted molar refractivity (Wildman–Crippen MR) is 59.3 cm³/mol. The van der Waals surface area contributed by atoms with Crippen LogP contribution in [0.5, 0.6) is 0 Å². The summed E-state index contributed by atoms with van der Waals surface area (Å²) in [6, 6.07) is 1.46. The van der Waals surface area contributed by atoms with Crippen LogP contribution in [-0.4, -0.2) is 32.8 Å². The van der Waals surface area contributed by atoms with Gasteiger partial charge in [-0.1, -0.05) is 0 Å². The minimum atomic E-state index is -1.10. The Bertz CT molecular complexity index is 562. The van der Waals surface area contributed by atoms with Crippen molar-refractivity contribution >= 4 is 11.2 Å². The lowest BCUT2D eigenvalue weighted by Gasteiger charge is -2.16. The molecule has 0 radical (unpaired) electrons. The zero-order valence-corrected chi connectivity index (χ0v) is 8.96. The highest BCUT2D eigenvalue weighted by atomic mass is 16.4. The minimum absolute atomic E-state index is 0.242. The van der Waals surface area contributed by atoms with Crippen molar-refractivity contribution in [1.29, 1.82) is 0 Å². The molecule has 92 valence electrons. The molecule has 0 aliphatic rings. The van der Waals surface area contributed by atoms with Crippen LogP contribution >= 0.6 is 0 Å². The third kappa shape index (κ3) is 2.36. The Kier molecular flexibility index (Phi) is 3.23. The summed E-state index contributed by atoms with van der Waals surface area (Å²) in [7, 11) is 0. The molecule has 2 heterocycles. The lowest BCUT2D eigenvalue weighted by atomic mass is 10.0. The maximum absolute atomic E-state index is 10.9. The molecule has 2 atom stereocenters. The first-order valence-corrected chi connectivity index (χ1v) is 5.17. The number of aliphatic hydroxyl groups is 2. The topological polar surface area (TPSA) is 125 Å². The summed E-state index contributed by atoms with van der Waals surface area (Å²) in [5, 5.41) is 19.4. The van der Waals surface area contributed by atoms with E-state index in [1.165, 1.54) is 12.3 Å². The Morgan fingerprint density at radius 3 is 3.00 bits per heavy atom. The van der Waals surface area contributed by atoms with Crippen LogP contribution in [0.4, 0.5) is 0 Å². The van der Waals surface area contributed by atoms with E-state index in [0.29, 0.717) is 11.2 Å². The number of nitrogens with zero attached hydrogens (tertiary/aromatic N) is 1. The van der Waals surface area contributed by atoms with E-state index in [2.05, 4.69) is 9.97 Å². The molecular weight excluding hydrogens is 226 g/mol. The number of oxazole rings is 1. The highest BCUT2D eigenvalue weighted by molar-refractivity contribution is 5.67. The average molecular weight is 239 g/mol. The molecule has 0 amide bonds. The van der Waals surface area contributed by atoms with E-state index >= 15 is 0 Å². The van der Waals surface area contributed by atoms with Gasteiger partial charge in [0.15, 0.2) is 11.2 Å². The van der Waals surface area contributed by atoms with Gasteiger partial charge < -0.3 is 20.4 Å². The lowest BCUT2D eigenvalue weighted by Crippen LogP contribution is -2.21. The van der Waals surface area contributed by atoms with Crippen molar-refractivity contribution in [1.82, 2.24) is 9.97 Å². The van der Waals surface area contributed by atoms with Crippen molar-refractivity contribution in [3.05, 3.63) is 28.4 Å². The molecule has 0 spiro atoms. The van der Waals surface area contributed by atoms with E-state index in [1.807, 2.05) is 0 Å². The molecule has 2 rings (SSSR count). The Morgan fingerprint density at radius 2 is 2.29 bits per heavy atom. The molecule has 0 aliphatic heterocycles. The number of aliphatic hydroxyl groups excluding tert-OH is 2. The number of pyridine rings is 1. The van der Waals surface area contributed by atoms with Crippen molar-refractivity contribution < 1.29 is 14.6 Å². The Balaban J connectivity index is 2.32. The molecule has 0 fully saturated rings. The average Bonchev–Trinajstić information content (AvgIpc) is 2.67. The fourth-order valence-electron chi connectivity index (χ4n) is 1.57. The summed E-state index contributed by atoms with van der Waals surface area (Å²) in [6.45, 7) is 0.271. The molecule has 0 saturated heterocycles. The van der Waals surface area contributed by atoms with Gasteiger partial charge in [0.1, 0.15) is 6.10 Å². The number of nitrogens with two attached hydrogens (primary N) is 1. The summed E-state index contributed by atoms with van der Waals surface area (Å²) in [5.41, 5.74) is 6.21. The fraction of sp³-hybridized carbons (Fsp3) is 0.400. The Morgan fingerprint density at radius 1 is 1.53 bits per heavy atom. The van der Waals surface area contributed by atoms with Gasteiger partial charge in [-0.2, -0.15) is 0 Å². The normalized spacial score (nSPS) is 15.0. The number of H-pyrrole nitrogens is 1. The van der Waals surface area contributed by atoms with Gasteiger partial charge in [0.25, 0.3) is 0 Å². The smallest absolute Gasteiger partial charge is 0.406 e. The van der Waals surface area contributed by atoms with E-state index < -0.39 is 18.0 Å². The summed E-state index contributed by atoms with van der Waals surface area (Å²) in [6.07, 6.45) is -0.422. The lowest BCUT2D eigenvalue weighted by molar-refractivity contribution is 0.0149. The Hall–Kier alpha value is -1.70. The van der Waals surface area contributed by atoms with Crippen molar-refractivity contribution in [2.24, 2.45) is 5.73 Å². The fourth-order valence-corrected chi connectivity index (χ4v) is 1.57. The number of hydrogen-bond acceptors (Lipinski definition) is 6. The van der Waals surface area contributed by atoms with E-state index in [1.54, 1.807) is 0 Å². The minimum Gasteiger partial charge on any atom is -0.406 e. The second-order valence-electron chi connectivity index (χ2n) is 3.72. The SMILES string of the molecule is NCCC(O)C(O)c1cnc2[nH]c(=O)oc2c1. The van der Waals surface area contributed by atoms with Crippen molar-refractivity contribution in [2.45, 2.75) is 18.6 Å². The van der Waals surface area contributed by atoms with Gasteiger partial charge in [0.2, 0.25) is 0 Å². The molecule has 2 unspecified atom stereocenters. The van der Waals surface area contributed by atoms with E-state index in [-0.39, 0.29) is 18.5 Å². The first-order valence-electron chi connectivity index (χ1n) is 5.17. The van der Waals surface area contributed by atoms with Gasteiger partial charge in [-0.25, -0.2) is 9.78 Å². The van der Waals surface area contributed by atoms with Crippen LogP contribution in [0.1, 0.15) is 18.1 Å². The molecule has 0 aromatic carbocycles. The van der Waals surface area contributed by atoms with Crippen LogP contribution in [0, 0.1) is 0 Å². The zero-order chi connectivity index (χ0) is 12.4. The zero-order valence-electron chi connectivity index (χ0n) is 8.96. The summed E-state index contributed by atoms with van der Waals surface area (Å²) >= 11 is 0. The van der Waals surface area contributed by atoms with Crippen molar-refractivity contribution in [2.75, 3.05) is 6.54 Å². The largest absolute Gasteiger partial charge is 0.418 e. The molecule has 0 saturated carbocycles. The van der Waals surface area contributed by atoms with Crippen molar-refractivity contribution in [3.8, 4) is 0 Å². The molecule has 2 aromatic heterocycles. The van der Waals surface area contributed by atoms with Gasteiger partial charge >= 0.3 is 5.76 Å². The van der Waals surface area contributed by atoms with Gasteiger partial charge in [-0.3, -0.25) is 4.98 Å². The second kappa shape index (κ2) is 4.66. The predicted octanol–water partition coefficient (Wildman–Crippen LogP) is -0.741. The highest BCUT2D eigenvalue weighted by Gasteiger charge is 2.19. The number of aromatic nitrogens is 2. The van der Waals surface area contributed by atoms with E-state index in [0.717, 1.165) is 0 Å². The molecule has 2 aromatic rings. The molecule has 17 heavy (non-hydrogen) atoms. The summed E-state index contributed by atoms with van der Waals surface area (Å²) in [5.74, 6) is -0.610. The first kappa shape index (κ1) is 11.8. The van der Waals surface area contributed by atoms with Gasteiger partial charge in [-0.15, -0.1) is 0 Å². The number of hydrogen-bond donors (Lipinski definition) is 4. The van der Waals surface area contributed by atoms with Gasteiger partial charge in [0, 0.05) is 11.8 Å². The molecule has 5 N–H and O–H groups in total. The van der Waals surface area contributed by atoms with E-state index in [4.69, 9.17) is 10.2 Å². The molecular formula is C10H13N3O4. The molecule has 0 bridgehead atoms. The number of aromatic amines is 1. The number of nitrogens with one attached hydrogen (secondary N) is 1. The van der Waals surface area contributed by atoms with Crippen LogP contribution in [0.2, 0.25) is 0 Å². The maximum Gasteiger partial charge on any atom is 0.418 e. The third-order valence-corrected chi connectivity index (χ3v) is 2.47. The number of fused-ring (bicyclic) bond motifs is 1. The standard InChI is InChI=1S/C10H13N3O4/c11-2-1-6(14)8(15)5-3-7-9(12-4-5)13-10(16)17-7/h3-4,6,8,14-15H,1-2,11H2,(H,12,13,16). The monoisotopic (exact) mass is 239 g/mol. The van der Waals surface area contributed by atoms with Crippen molar-refractivity contribution in [3.63, 3.8) is 0 Å². The quantitative estimate of drug-likeness (QED) is 0.556. The number of rotatable bonds is 4. The molecule has 0 aliphatic carbocycles. The van der Waals surface area contributed by atoms with Crippen LogP contribution in [0.3, 0.4) is 0 Å². The molecule has 7 nitrogen and oxygen atoms in total.